The summed E-state index contributed by atoms with van der Waals surface area (Å²) in [4.78, 5) is 15.3. The summed E-state index contributed by atoms with van der Waals surface area (Å²) in [6.45, 7) is 0. The first-order valence-corrected chi connectivity index (χ1v) is 17.3. The summed E-state index contributed by atoms with van der Waals surface area (Å²) in [5, 5.41) is 4.62. The van der Waals surface area contributed by atoms with Crippen LogP contribution in [0.3, 0.4) is 0 Å². The molecule has 0 saturated carbocycles. The van der Waals surface area contributed by atoms with Crippen molar-refractivity contribution in [3.05, 3.63) is 187 Å². The van der Waals surface area contributed by atoms with E-state index < -0.39 is 0 Å². The highest BCUT2D eigenvalue weighted by Crippen LogP contribution is 2.48. The third-order valence-corrected chi connectivity index (χ3v) is 10.1. The third-order valence-electron chi connectivity index (χ3n) is 10.1. The molecule has 2 atom stereocenters. The van der Waals surface area contributed by atoms with E-state index in [-0.39, 0.29) is 12.0 Å². The van der Waals surface area contributed by atoms with E-state index in [1.54, 1.807) is 0 Å². The molecule has 2 aliphatic rings. The van der Waals surface area contributed by atoms with Gasteiger partial charge in [-0.15, -0.1) is 0 Å². The minimum Gasteiger partial charge on any atom is -0.485 e. The average Bonchev–Trinajstić information content (AvgIpc) is 3.59. The molecule has 8 aromatic rings. The van der Waals surface area contributed by atoms with Crippen LogP contribution in [0.2, 0.25) is 0 Å². The minimum absolute atomic E-state index is 0.0173. The maximum absolute atomic E-state index is 6.30. The van der Waals surface area contributed by atoms with Crippen molar-refractivity contribution in [1.29, 1.82) is 0 Å². The number of hydrogen-bond donors (Lipinski definition) is 0. The molecule has 0 fully saturated rings. The molecule has 0 bridgehead atoms. The summed E-state index contributed by atoms with van der Waals surface area (Å²) in [6, 6.07) is 55.2. The SMILES string of the molecule is C1=CC2Oc3ccccc3C2C(c2ccc3cc(-c4nc(-c5cccc(-c6ccccc6)c5)nc(-c5ccc6ccccc6c5)n4)ccc3c2)=C1. The zero-order valence-corrected chi connectivity index (χ0v) is 27.6. The van der Waals surface area contributed by atoms with E-state index in [2.05, 4.69) is 164 Å². The number of ether oxygens (including phenoxy) is 1. The molecule has 7 aromatic carbocycles. The Labute approximate surface area is 296 Å². The molecule has 240 valence electrons. The van der Waals surface area contributed by atoms with Gasteiger partial charge in [0.25, 0.3) is 0 Å². The van der Waals surface area contributed by atoms with Crippen molar-refractivity contribution >= 4 is 27.1 Å². The lowest BCUT2D eigenvalue weighted by Crippen LogP contribution is -2.19. The van der Waals surface area contributed by atoms with Gasteiger partial charge in [-0.05, 0) is 80.2 Å². The highest BCUT2D eigenvalue weighted by molar-refractivity contribution is 5.91. The predicted octanol–water partition coefficient (Wildman–Crippen LogP) is 11.3. The molecule has 0 amide bonds. The van der Waals surface area contributed by atoms with Gasteiger partial charge in [0.15, 0.2) is 17.5 Å². The van der Waals surface area contributed by atoms with Crippen molar-refractivity contribution in [2.75, 3.05) is 0 Å². The standard InChI is InChI=1S/C47H31N3O/c1-2-10-30(11-3-1)33-14-8-15-37(27-33)45-48-46(38-24-20-31-12-4-5-13-32(31)28-38)50-47(49-45)39-25-22-34-26-36(23-21-35(34)29-39)40-17-9-19-43-44(40)41-16-6-7-18-42(41)51-43/h1-29,43-44H. The number of allylic oxidation sites excluding steroid dienone is 2. The number of rotatable bonds is 5. The fourth-order valence-electron chi connectivity index (χ4n) is 7.50. The highest BCUT2D eigenvalue weighted by atomic mass is 16.5. The van der Waals surface area contributed by atoms with Crippen molar-refractivity contribution < 1.29 is 4.74 Å². The first-order valence-electron chi connectivity index (χ1n) is 17.3. The highest BCUT2D eigenvalue weighted by Gasteiger charge is 2.36. The predicted molar refractivity (Wildman–Crippen MR) is 207 cm³/mol. The Bertz CT molecular complexity index is 2690. The number of nitrogens with zero attached hydrogens (tertiary/aromatic N) is 3. The largest absolute Gasteiger partial charge is 0.485 e. The molecule has 1 aliphatic carbocycles. The number of benzene rings is 7. The van der Waals surface area contributed by atoms with Gasteiger partial charge in [-0.2, -0.15) is 0 Å². The van der Waals surface area contributed by atoms with E-state index >= 15 is 0 Å². The molecule has 10 rings (SSSR count). The summed E-state index contributed by atoms with van der Waals surface area (Å²) in [5.74, 6) is 3.08. The topological polar surface area (TPSA) is 47.9 Å². The van der Waals surface area contributed by atoms with Crippen LogP contribution >= 0.6 is 0 Å². The van der Waals surface area contributed by atoms with Gasteiger partial charge in [0.1, 0.15) is 11.9 Å². The van der Waals surface area contributed by atoms with E-state index in [1.807, 2.05) is 12.1 Å². The fourth-order valence-corrected chi connectivity index (χ4v) is 7.50. The van der Waals surface area contributed by atoms with E-state index in [9.17, 15) is 0 Å². The number of fused-ring (bicyclic) bond motifs is 5. The molecule has 4 heteroatoms. The zero-order chi connectivity index (χ0) is 33.7. The molecular weight excluding hydrogens is 623 g/mol. The van der Waals surface area contributed by atoms with Crippen molar-refractivity contribution in [2.24, 2.45) is 0 Å². The van der Waals surface area contributed by atoms with E-state index in [0.29, 0.717) is 17.5 Å². The normalized spacial score (nSPS) is 16.0. The molecule has 51 heavy (non-hydrogen) atoms. The molecular formula is C47H31N3O. The fraction of sp³-hybridized carbons (Fsp3) is 0.0426. The Morgan fingerprint density at radius 3 is 1.73 bits per heavy atom. The summed E-state index contributed by atoms with van der Waals surface area (Å²) >= 11 is 0. The Kier molecular flexibility index (Phi) is 6.91. The van der Waals surface area contributed by atoms with E-state index in [0.717, 1.165) is 49.7 Å². The summed E-state index contributed by atoms with van der Waals surface area (Å²) in [5.41, 5.74) is 8.83. The zero-order valence-electron chi connectivity index (χ0n) is 27.6. The van der Waals surface area contributed by atoms with Crippen LogP contribution in [0.4, 0.5) is 0 Å². The minimum atomic E-state index is 0.0173. The van der Waals surface area contributed by atoms with Gasteiger partial charge in [0.05, 0.1) is 5.92 Å². The first kappa shape index (κ1) is 29.3. The van der Waals surface area contributed by atoms with Gasteiger partial charge in [-0.1, -0.05) is 140 Å². The lowest BCUT2D eigenvalue weighted by atomic mass is 9.81. The molecule has 1 aliphatic heterocycles. The summed E-state index contributed by atoms with van der Waals surface area (Å²) in [6.07, 6.45) is 6.53. The average molecular weight is 654 g/mol. The van der Waals surface area contributed by atoms with Gasteiger partial charge in [0, 0.05) is 22.3 Å². The second kappa shape index (κ2) is 12.0. The second-order valence-electron chi connectivity index (χ2n) is 13.2. The monoisotopic (exact) mass is 653 g/mol. The molecule has 1 aromatic heterocycles. The van der Waals surface area contributed by atoms with Crippen molar-refractivity contribution in [2.45, 2.75) is 12.0 Å². The molecule has 2 unspecified atom stereocenters. The van der Waals surface area contributed by atoms with Gasteiger partial charge in [0.2, 0.25) is 0 Å². The first-order chi connectivity index (χ1) is 25.2. The second-order valence-corrected chi connectivity index (χ2v) is 13.2. The van der Waals surface area contributed by atoms with Gasteiger partial charge in [-0.25, -0.2) is 15.0 Å². The maximum atomic E-state index is 6.30. The van der Waals surface area contributed by atoms with E-state index in [4.69, 9.17) is 19.7 Å². The van der Waals surface area contributed by atoms with Crippen LogP contribution in [0.5, 0.6) is 5.75 Å². The van der Waals surface area contributed by atoms with Gasteiger partial charge in [-0.3, -0.25) is 0 Å². The Hall–Kier alpha value is -6.65. The molecule has 0 spiro atoms. The van der Waals surface area contributed by atoms with Crippen molar-refractivity contribution in [3.8, 4) is 51.0 Å². The maximum Gasteiger partial charge on any atom is 0.164 e. The van der Waals surface area contributed by atoms with E-state index in [1.165, 1.54) is 22.1 Å². The van der Waals surface area contributed by atoms with Crippen LogP contribution in [0.15, 0.2) is 176 Å². The molecule has 4 nitrogen and oxygen atoms in total. The molecule has 0 saturated heterocycles. The van der Waals surface area contributed by atoms with Crippen LogP contribution in [0.25, 0.3) is 72.4 Å². The van der Waals surface area contributed by atoms with Crippen molar-refractivity contribution in [1.82, 2.24) is 15.0 Å². The Balaban J connectivity index is 1.07. The van der Waals surface area contributed by atoms with Crippen LogP contribution in [0, 0.1) is 0 Å². The van der Waals surface area contributed by atoms with Crippen LogP contribution in [0.1, 0.15) is 17.0 Å². The van der Waals surface area contributed by atoms with Crippen LogP contribution < -0.4 is 4.74 Å². The summed E-state index contributed by atoms with van der Waals surface area (Å²) in [7, 11) is 0. The molecule has 0 radical (unpaired) electrons. The van der Waals surface area contributed by atoms with Crippen molar-refractivity contribution in [3.63, 3.8) is 0 Å². The number of para-hydroxylation sites is 1. The lowest BCUT2D eigenvalue weighted by Gasteiger charge is -2.23. The number of hydrogen-bond acceptors (Lipinski definition) is 4. The molecule has 0 N–H and O–H groups in total. The molecule has 2 heterocycles. The van der Waals surface area contributed by atoms with Crippen LogP contribution in [-0.4, -0.2) is 21.1 Å². The van der Waals surface area contributed by atoms with Gasteiger partial charge >= 0.3 is 0 Å². The summed E-state index contributed by atoms with van der Waals surface area (Å²) < 4.78 is 6.30. The number of aromatic nitrogens is 3. The Morgan fingerprint density at radius 1 is 0.412 bits per heavy atom. The third kappa shape index (κ3) is 5.29. The smallest absolute Gasteiger partial charge is 0.164 e. The van der Waals surface area contributed by atoms with Crippen LogP contribution in [-0.2, 0) is 0 Å². The lowest BCUT2D eigenvalue weighted by molar-refractivity contribution is 0.271. The van der Waals surface area contributed by atoms with Gasteiger partial charge < -0.3 is 4.74 Å². The quantitative estimate of drug-likeness (QED) is 0.185. The Morgan fingerprint density at radius 2 is 0.961 bits per heavy atom.